The Labute approximate surface area is 213 Å². The maximum absolute atomic E-state index is 13.4. The van der Waals surface area contributed by atoms with E-state index >= 15 is 0 Å². The Kier molecular flexibility index (Phi) is 9.43. The zero-order chi connectivity index (χ0) is 28.1. The summed E-state index contributed by atoms with van der Waals surface area (Å²) in [6, 6.07) is 5.58. The van der Waals surface area contributed by atoms with Gasteiger partial charge in [0.1, 0.15) is 18.2 Å². The predicted octanol–water partition coefficient (Wildman–Crippen LogP) is 6.09. The molecular weight excluding hydrogens is 557 g/mol. The first-order chi connectivity index (χ1) is 17.0. The Balaban J connectivity index is 0.000000604. The van der Waals surface area contributed by atoms with Crippen LogP contribution in [0.3, 0.4) is 0 Å². The number of nitrogens with zero attached hydrogens (tertiary/aromatic N) is 4. The second-order valence-electron chi connectivity index (χ2n) is 7.11. The van der Waals surface area contributed by atoms with Gasteiger partial charge >= 0.3 is 18.3 Å². The molecule has 2 aromatic heterocycles. The van der Waals surface area contributed by atoms with E-state index in [1.54, 1.807) is 5.38 Å². The van der Waals surface area contributed by atoms with Crippen molar-refractivity contribution in [2.75, 3.05) is 23.4 Å². The van der Waals surface area contributed by atoms with Gasteiger partial charge in [-0.15, -0.1) is 11.3 Å². The lowest BCUT2D eigenvalue weighted by molar-refractivity contribution is -0.192. The number of carboxylic acids is 1. The summed E-state index contributed by atoms with van der Waals surface area (Å²) in [6.07, 6.45) is -8.18. The van der Waals surface area contributed by atoms with Crippen molar-refractivity contribution in [1.82, 2.24) is 9.97 Å². The maximum atomic E-state index is 13.4. The fourth-order valence-electron chi connectivity index (χ4n) is 2.63. The zero-order valence-electron chi connectivity index (χ0n) is 18.7. The summed E-state index contributed by atoms with van der Waals surface area (Å²) in [5, 5.41) is 8.91. The minimum Gasteiger partial charge on any atom is -0.475 e. The average molecular weight is 573 g/mol. The molecule has 7 nitrogen and oxygen atoms in total. The number of carbonyl (C=O) groups is 2. The molecule has 0 unspecified atom stereocenters. The smallest absolute Gasteiger partial charge is 0.475 e. The van der Waals surface area contributed by atoms with Crippen LogP contribution in [0.5, 0.6) is 0 Å². The minimum absolute atomic E-state index is 0.0591. The Morgan fingerprint density at radius 2 is 1.73 bits per heavy atom. The normalized spacial score (nSPS) is 11.4. The van der Waals surface area contributed by atoms with Gasteiger partial charge in [-0.25, -0.2) is 19.2 Å². The highest BCUT2D eigenvalue weighted by molar-refractivity contribution is 7.13. The molecule has 0 aliphatic carbocycles. The molecule has 1 N–H and O–H groups in total. The van der Waals surface area contributed by atoms with E-state index in [2.05, 4.69) is 9.97 Å². The van der Waals surface area contributed by atoms with E-state index in [-0.39, 0.29) is 23.1 Å². The van der Waals surface area contributed by atoms with Crippen LogP contribution in [0.25, 0.3) is 0 Å². The van der Waals surface area contributed by atoms with Gasteiger partial charge in [0.25, 0.3) is 0 Å². The summed E-state index contributed by atoms with van der Waals surface area (Å²) in [5.41, 5.74) is -0.399. The van der Waals surface area contributed by atoms with Crippen LogP contribution in [0, 0.1) is 12.7 Å². The fraction of sp³-hybridized carbons (Fsp3) is 0.238. The Bertz CT molecular complexity index is 1250. The van der Waals surface area contributed by atoms with Crippen LogP contribution in [-0.2, 0) is 15.8 Å². The molecule has 0 spiro atoms. The van der Waals surface area contributed by atoms with Crippen molar-refractivity contribution in [3.8, 4) is 0 Å². The molecule has 0 radical (unpaired) electrons. The number of carbonyl (C=O) groups excluding carboxylic acids is 1. The lowest BCUT2D eigenvalue weighted by Crippen LogP contribution is -2.37. The lowest BCUT2D eigenvalue weighted by atomic mass is 10.2. The molecule has 0 bridgehead atoms. The largest absolute Gasteiger partial charge is 0.490 e. The Morgan fingerprint density at radius 1 is 1.11 bits per heavy atom. The van der Waals surface area contributed by atoms with Crippen molar-refractivity contribution in [2.45, 2.75) is 19.3 Å². The molecule has 0 aliphatic rings. The first-order valence-electron chi connectivity index (χ1n) is 9.75. The van der Waals surface area contributed by atoms with E-state index in [1.807, 2.05) is 0 Å². The number of carboxylic acid groups (broad SMARTS) is 1. The number of thiazole rings is 1. The molecule has 0 fully saturated rings. The van der Waals surface area contributed by atoms with Gasteiger partial charge in [-0.3, -0.25) is 9.69 Å². The summed E-state index contributed by atoms with van der Waals surface area (Å²) >= 11 is 6.93. The van der Waals surface area contributed by atoms with Crippen molar-refractivity contribution < 1.29 is 45.4 Å². The molecule has 0 atom stereocenters. The molecule has 3 aromatic rings. The van der Waals surface area contributed by atoms with Gasteiger partial charge in [-0.2, -0.15) is 26.3 Å². The standard InChI is InChI=1S/C19H15ClF4N4OS.C2HF3O2/c1-11-7-12(19(22,23)24)8-16(26-11)28(18-25-5-6-30-18)10-17(29)27(2)13-3-4-15(21)14(20)9-13;3-2(4,5)1(6)7/h3-9H,10H2,1-2H3;(H,6,7). The molecule has 2 heterocycles. The molecule has 0 saturated carbocycles. The number of alkyl halides is 6. The molecule has 16 heteroatoms. The Hall–Kier alpha value is -3.46. The molecule has 0 aliphatic heterocycles. The summed E-state index contributed by atoms with van der Waals surface area (Å²) in [5.74, 6) is -3.93. The van der Waals surface area contributed by atoms with Crippen LogP contribution in [0.2, 0.25) is 5.02 Å². The Morgan fingerprint density at radius 3 is 2.22 bits per heavy atom. The van der Waals surface area contributed by atoms with E-state index in [1.165, 1.54) is 42.1 Å². The number of halogens is 8. The second kappa shape index (κ2) is 11.7. The van der Waals surface area contributed by atoms with Crippen molar-refractivity contribution >= 4 is 51.5 Å². The van der Waals surface area contributed by atoms with Crippen LogP contribution in [-0.4, -0.2) is 46.7 Å². The molecule has 0 saturated heterocycles. The fourth-order valence-corrected chi connectivity index (χ4v) is 3.45. The number of likely N-dealkylation sites (N-methyl/N-ethyl adjacent to an activating group) is 1. The number of hydrogen-bond acceptors (Lipinski definition) is 6. The second-order valence-corrected chi connectivity index (χ2v) is 8.39. The molecule has 1 aromatic carbocycles. The number of hydrogen-bond donors (Lipinski definition) is 1. The SMILES string of the molecule is Cc1cc(C(F)(F)F)cc(N(CC(=O)N(C)c2ccc(F)c(Cl)c2)c2nccs2)n1.O=C(O)C(F)(F)F. The van der Waals surface area contributed by atoms with E-state index in [0.717, 1.165) is 29.5 Å². The van der Waals surface area contributed by atoms with Gasteiger partial charge < -0.3 is 10.0 Å². The van der Waals surface area contributed by atoms with E-state index < -0.39 is 35.6 Å². The van der Waals surface area contributed by atoms with Crippen molar-refractivity contribution in [2.24, 2.45) is 0 Å². The third kappa shape index (κ3) is 8.28. The summed E-state index contributed by atoms with van der Waals surface area (Å²) in [6.45, 7) is 1.10. The van der Waals surface area contributed by atoms with Crippen LogP contribution >= 0.6 is 22.9 Å². The van der Waals surface area contributed by atoms with Gasteiger partial charge in [0.05, 0.1) is 10.6 Å². The number of aliphatic carboxylic acids is 1. The third-order valence-corrected chi connectivity index (χ3v) is 5.48. The minimum atomic E-state index is -5.08. The van der Waals surface area contributed by atoms with Gasteiger partial charge in [-0.05, 0) is 37.3 Å². The van der Waals surface area contributed by atoms with Crippen LogP contribution in [0.4, 0.5) is 47.4 Å². The molecule has 37 heavy (non-hydrogen) atoms. The monoisotopic (exact) mass is 572 g/mol. The third-order valence-electron chi connectivity index (χ3n) is 4.39. The van der Waals surface area contributed by atoms with Gasteiger partial charge in [0.2, 0.25) is 5.91 Å². The molecule has 3 rings (SSSR count). The summed E-state index contributed by atoms with van der Waals surface area (Å²) < 4.78 is 84.9. The summed E-state index contributed by atoms with van der Waals surface area (Å²) in [4.78, 5) is 32.6. The van der Waals surface area contributed by atoms with Gasteiger partial charge in [0.15, 0.2) is 5.13 Å². The van der Waals surface area contributed by atoms with Crippen molar-refractivity contribution in [3.05, 3.63) is 64.0 Å². The first kappa shape index (κ1) is 29.8. The number of rotatable bonds is 5. The highest BCUT2D eigenvalue weighted by atomic mass is 35.5. The quantitative estimate of drug-likeness (QED) is 0.372. The summed E-state index contributed by atoms with van der Waals surface area (Å²) in [7, 11) is 1.46. The van der Waals surface area contributed by atoms with E-state index in [0.29, 0.717) is 10.8 Å². The van der Waals surface area contributed by atoms with E-state index in [9.17, 15) is 35.5 Å². The number of aryl methyl sites for hydroxylation is 1. The highest BCUT2D eigenvalue weighted by Crippen LogP contribution is 2.34. The number of benzene rings is 1. The number of pyridine rings is 1. The van der Waals surface area contributed by atoms with Crippen molar-refractivity contribution in [1.29, 1.82) is 0 Å². The van der Waals surface area contributed by atoms with E-state index in [4.69, 9.17) is 21.5 Å². The molecule has 200 valence electrons. The van der Waals surface area contributed by atoms with Crippen LogP contribution in [0.1, 0.15) is 11.3 Å². The topological polar surface area (TPSA) is 86.6 Å². The zero-order valence-corrected chi connectivity index (χ0v) is 20.3. The van der Waals surface area contributed by atoms with Gasteiger partial charge in [0, 0.05) is 30.0 Å². The average Bonchev–Trinajstić information content (AvgIpc) is 3.32. The van der Waals surface area contributed by atoms with Gasteiger partial charge in [-0.1, -0.05) is 11.6 Å². The molecule has 1 amide bonds. The molecular formula is C21H16ClF7N4O3S. The number of amides is 1. The van der Waals surface area contributed by atoms with Crippen LogP contribution < -0.4 is 9.80 Å². The maximum Gasteiger partial charge on any atom is 0.490 e. The van der Waals surface area contributed by atoms with Crippen LogP contribution in [0.15, 0.2) is 41.9 Å². The lowest BCUT2D eigenvalue weighted by Gasteiger charge is -2.25. The number of anilines is 3. The first-order valence-corrected chi connectivity index (χ1v) is 11.0. The predicted molar refractivity (Wildman–Crippen MR) is 122 cm³/mol. The van der Waals surface area contributed by atoms with Crippen molar-refractivity contribution in [3.63, 3.8) is 0 Å². The number of aromatic nitrogens is 2. The highest BCUT2D eigenvalue weighted by Gasteiger charge is 2.38.